The minimum absolute atomic E-state index is 0.0736. The van der Waals surface area contributed by atoms with E-state index in [-0.39, 0.29) is 11.8 Å². The summed E-state index contributed by atoms with van der Waals surface area (Å²) in [5, 5.41) is 7.55. The molecule has 1 unspecified atom stereocenters. The molecule has 1 saturated carbocycles. The molecule has 6 nitrogen and oxygen atoms in total. The van der Waals surface area contributed by atoms with Crippen LogP contribution in [0.5, 0.6) is 0 Å². The van der Waals surface area contributed by atoms with Crippen molar-refractivity contribution in [3.05, 3.63) is 23.9 Å². The van der Waals surface area contributed by atoms with Crippen molar-refractivity contribution in [2.45, 2.75) is 70.9 Å². The van der Waals surface area contributed by atoms with E-state index in [0.717, 1.165) is 58.0 Å². The molecule has 0 saturated heterocycles. The van der Waals surface area contributed by atoms with Gasteiger partial charge in [0, 0.05) is 5.92 Å². The molecule has 1 fully saturated rings. The number of hydrogen-bond acceptors (Lipinski definition) is 5. The SMILES string of the molecule is CCN(CC)Cc1nc(C2(NC(=O)C3CC=CCC3)CCCC2)no1. The van der Waals surface area contributed by atoms with Crippen molar-refractivity contribution in [3.63, 3.8) is 0 Å². The van der Waals surface area contributed by atoms with Gasteiger partial charge in [-0.25, -0.2) is 0 Å². The summed E-state index contributed by atoms with van der Waals surface area (Å²) in [6.07, 6.45) is 11.0. The third-order valence-electron chi connectivity index (χ3n) is 5.61. The van der Waals surface area contributed by atoms with Crippen LogP contribution >= 0.6 is 0 Å². The van der Waals surface area contributed by atoms with Crippen molar-refractivity contribution in [2.24, 2.45) is 5.92 Å². The summed E-state index contributed by atoms with van der Waals surface area (Å²) in [5.41, 5.74) is -0.441. The number of hydrogen-bond donors (Lipinski definition) is 1. The Morgan fingerprint density at radius 2 is 2.08 bits per heavy atom. The summed E-state index contributed by atoms with van der Waals surface area (Å²) in [5.74, 6) is 1.51. The fourth-order valence-corrected chi connectivity index (χ4v) is 3.90. The summed E-state index contributed by atoms with van der Waals surface area (Å²) in [7, 11) is 0. The Hall–Kier alpha value is -1.69. The molecule has 1 amide bonds. The first-order valence-corrected chi connectivity index (χ1v) is 9.69. The number of aromatic nitrogens is 2. The normalized spacial score (nSPS) is 22.4. The summed E-state index contributed by atoms with van der Waals surface area (Å²) < 4.78 is 5.50. The quantitative estimate of drug-likeness (QED) is 0.768. The highest BCUT2D eigenvalue weighted by molar-refractivity contribution is 5.80. The van der Waals surface area contributed by atoms with Crippen LogP contribution in [0.1, 0.15) is 70.5 Å². The minimum atomic E-state index is -0.441. The number of nitrogens with one attached hydrogen (secondary N) is 1. The van der Waals surface area contributed by atoms with Crippen LogP contribution in [0.25, 0.3) is 0 Å². The first-order chi connectivity index (χ1) is 12.2. The summed E-state index contributed by atoms with van der Waals surface area (Å²) >= 11 is 0. The number of amides is 1. The molecule has 0 bridgehead atoms. The van der Waals surface area contributed by atoms with Crippen LogP contribution < -0.4 is 5.32 Å². The average molecular weight is 346 g/mol. The lowest BCUT2D eigenvalue weighted by atomic mass is 9.90. The summed E-state index contributed by atoms with van der Waals surface area (Å²) in [6, 6.07) is 0. The summed E-state index contributed by atoms with van der Waals surface area (Å²) in [4.78, 5) is 19.7. The van der Waals surface area contributed by atoms with Crippen LogP contribution in [0, 0.1) is 5.92 Å². The molecule has 1 N–H and O–H groups in total. The molecular weight excluding hydrogens is 316 g/mol. The van der Waals surface area contributed by atoms with E-state index in [4.69, 9.17) is 4.52 Å². The van der Waals surface area contributed by atoms with Gasteiger partial charge in [0.1, 0.15) is 5.54 Å². The molecule has 25 heavy (non-hydrogen) atoms. The van der Waals surface area contributed by atoms with Gasteiger partial charge in [0.25, 0.3) is 0 Å². The molecular formula is C19H30N4O2. The smallest absolute Gasteiger partial charge is 0.240 e. The zero-order chi connectivity index (χ0) is 17.7. The highest BCUT2D eigenvalue weighted by Gasteiger charge is 2.42. The second-order valence-electron chi connectivity index (χ2n) is 7.23. The monoisotopic (exact) mass is 346 g/mol. The molecule has 0 aromatic carbocycles. The van der Waals surface area contributed by atoms with Crippen molar-refractivity contribution < 1.29 is 9.32 Å². The molecule has 2 aliphatic rings. The van der Waals surface area contributed by atoms with Gasteiger partial charge >= 0.3 is 0 Å². The number of carbonyl (C=O) groups excluding carboxylic acids is 1. The second kappa shape index (κ2) is 8.13. The molecule has 138 valence electrons. The fourth-order valence-electron chi connectivity index (χ4n) is 3.90. The van der Waals surface area contributed by atoms with Gasteiger partial charge in [0.15, 0.2) is 5.82 Å². The Balaban J connectivity index is 1.73. The lowest BCUT2D eigenvalue weighted by Crippen LogP contribution is -2.47. The molecule has 3 rings (SSSR count). The Labute approximate surface area is 150 Å². The number of nitrogens with zero attached hydrogens (tertiary/aromatic N) is 3. The van der Waals surface area contributed by atoms with Gasteiger partial charge in [-0.2, -0.15) is 4.98 Å². The second-order valence-corrected chi connectivity index (χ2v) is 7.23. The Morgan fingerprint density at radius 3 is 2.72 bits per heavy atom. The van der Waals surface area contributed by atoms with Crippen molar-refractivity contribution in [3.8, 4) is 0 Å². The third kappa shape index (κ3) is 4.11. The van der Waals surface area contributed by atoms with E-state index < -0.39 is 5.54 Å². The van der Waals surface area contributed by atoms with E-state index in [1.807, 2.05) is 0 Å². The summed E-state index contributed by atoms with van der Waals surface area (Å²) in [6.45, 7) is 6.81. The van der Waals surface area contributed by atoms with E-state index >= 15 is 0 Å². The fraction of sp³-hybridized carbons (Fsp3) is 0.737. The predicted molar refractivity (Wildman–Crippen MR) is 95.7 cm³/mol. The van der Waals surface area contributed by atoms with Gasteiger partial charge in [-0.15, -0.1) is 0 Å². The van der Waals surface area contributed by atoms with Crippen molar-refractivity contribution >= 4 is 5.91 Å². The standard InChI is InChI=1S/C19H30N4O2/c1-3-23(4-2)14-16-20-18(22-25-16)19(12-8-9-13-19)21-17(24)15-10-6-5-7-11-15/h5-6,15H,3-4,7-14H2,1-2H3,(H,21,24). The van der Waals surface area contributed by atoms with Crippen LogP contribution in [-0.2, 0) is 16.9 Å². The number of carbonyl (C=O) groups is 1. The maximum atomic E-state index is 12.8. The molecule has 6 heteroatoms. The molecule has 0 spiro atoms. The van der Waals surface area contributed by atoms with Gasteiger partial charge in [-0.3, -0.25) is 9.69 Å². The van der Waals surface area contributed by atoms with Gasteiger partial charge < -0.3 is 9.84 Å². The van der Waals surface area contributed by atoms with Crippen LogP contribution in [0.15, 0.2) is 16.7 Å². The van der Waals surface area contributed by atoms with E-state index in [2.05, 4.69) is 46.4 Å². The molecule has 1 aromatic rings. The highest BCUT2D eigenvalue weighted by Crippen LogP contribution is 2.38. The molecule has 1 aromatic heterocycles. The first kappa shape index (κ1) is 18.1. The van der Waals surface area contributed by atoms with E-state index in [1.54, 1.807) is 0 Å². The van der Waals surface area contributed by atoms with Crippen LogP contribution in [-0.4, -0.2) is 34.0 Å². The minimum Gasteiger partial charge on any atom is -0.343 e. The zero-order valence-electron chi connectivity index (χ0n) is 15.5. The molecule has 1 atom stereocenters. The van der Waals surface area contributed by atoms with Crippen molar-refractivity contribution in [1.82, 2.24) is 20.4 Å². The van der Waals surface area contributed by atoms with Crippen molar-refractivity contribution in [1.29, 1.82) is 0 Å². The van der Waals surface area contributed by atoms with E-state index in [1.165, 1.54) is 0 Å². The van der Waals surface area contributed by atoms with Crippen LogP contribution in [0.4, 0.5) is 0 Å². The maximum Gasteiger partial charge on any atom is 0.240 e. The Bertz CT molecular complexity index is 600. The van der Waals surface area contributed by atoms with Crippen LogP contribution in [0.3, 0.4) is 0 Å². The van der Waals surface area contributed by atoms with Crippen LogP contribution in [0.2, 0.25) is 0 Å². The number of rotatable bonds is 7. The third-order valence-corrected chi connectivity index (χ3v) is 5.61. The van der Waals surface area contributed by atoms with Gasteiger partial charge in [0.05, 0.1) is 6.54 Å². The lowest BCUT2D eigenvalue weighted by Gasteiger charge is -2.29. The van der Waals surface area contributed by atoms with Crippen molar-refractivity contribution in [2.75, 3.05) is 13.1 Å². The maximum absolute atomic E-state index is 12.8. The van der Waals surface area contributed by atoms with Gasteiger partial charge in [0.2, 0.25) is 11.8 Å². The number of allylic oxidation sites excluding steroid dienone is 2. The largest absolute Gasteiger partial charge is 0.343 e. The molecule has 2 aliphatic carbocycles. The van der Waals surface area contributed by atoms with E-state index in [9.17, 15) is 4.79 Å². The highest BCUT2D eigenvalue weighted by atomic mass is 16.5. The molecule has 1 heterocycles. The van der Waals surface area contributed by atoms with Gasteiger partial charge in [-0.1, -0.05) is 44.0 Å². The molecule has 0 aliphatic heterocycles. The molecule has 0 radical (unpaired) electrons. The average Bonchev–Trinajstić information content (AvgIpc) is 3.30. The first-order valence-electron chi connectivity index (χ1n) is 9.69. The predicted octanol–water partition coefficient (Wildman–Crippen LogP) is 3.15. The topological polar surface area (TPSA) is 71.3 Å². The lowest BCUT2D eigenvalue weighted by molar-refractivity contribution is -0.127. The van der Waals surface area contributed by atoms with Gasteiger partial charge in [-0.05, 0) is 45.2 Å². The Kier molecular flexibility index (Phi) is 5.89. The Morgan fingerprint density at radius 1 is 1.32 bits per heavy atom. The van der Waals surface area contributed by atoms with E-state index in [0.29, 0.717) is 18.3 Å². The zero-order valence-corrected chi connectivity index (χ0v) is 15.5.